The Balaban J connectivity index is 1.11. The average Bonchev–Trinajstić information content (AvgIpc) is 4.25. The summed E-state index contributed by atoms with van der Waals surface area (Å²) in [6, 6.07) is 50.7. The van der Waals surface area contributed by atoms with Crippen LogP contribution in [0.1, 0.15) is 64.2 Å². The molecule has 6 aromatic carbocycles. The van der Waals surface area contributed by atoms with Crippen LogP contribution in [0.5, 0.6) is 0 Å². The molecule has 12 nitrogen and oxygen atoms in total. The first kappa shape index (κ1) is 44.3. The van der Waals surface area contributed by atoms with Crippen LogP contribution in [0, 0.1) is 0 Å². The van der Waals surface area contributed by atoms with Crippen LogP contribution in [-0.4, -0.2) is 64.2 Å². The van der Waals surface area contributed by atoms with Gasteiger partial charge < -0.3 is 30.4 Å². The molecule has 0 fully saturated rings. The van der Waals surface area contributed by atoms with Crippen LogP contribution in [0.3, 0.4) is 0 Å². The number of aromatic carboxylic acids is 4. The third-order valence-corrected chi connectivity index (χ3v) is 12.7. The summed E-state index contributed by atoms with van der Waals surface area (Å²) in [6.45, 7) is 0. The van der Waals surface area contributed by atoms with E-state index in [-0.39, 0.29) is 22.3 Å². The number of hydrogen-bond acceptors (Lipinski definition) is 6. The summed E-state index contributed by atoms with van der Waals surface area (Å²) in [5.74, 6) is -4.11. The molecule has 0 unspecified atom stereocenters. The van der Waals surface area contributed by atoms with E-state index in [1.54, 1.807) is 97.1 Å². The number of benzene rings is 6. The van der Waals surface area contributed by atoms with Gasteiger partial charge in [0.15, 0.2) is 0 Å². The van der Waals surface area contributed by atoms with Crippen LogP contribution >= 0.6 is 0 Å². The Morgan fingerprint density at radius 3 is 0.861 bits per heavy atom. The van der Waals surface area contributed by atoms with E-state index in [4.69, 9.17) is 9.97 Å². The van der Waals surface area contributed by atoms with E-state index in [1.165, 1.54) is 0 Å². The average molecular weight is 943 g/mol. The zero-order valence-electron chi connectivity index (χ0n) is 37.8. The molecule has 9 aromatic rings. The maximum Gasteiger partial charge on any atom is 0.335 e. The molecule has 8 bridgehead atoms. The van der Waals surface area contributed by atoms with Crippen molar-refractivity contribution in [2.75, 3.05) is 0 Å². The molecule has 0 aliphatic carbocycles. The van der Waals surface area contributed by atoms with Crippen molar-refractivity contribution >= 4 is 70.2 Å². The quantitative estimate of drug-likeness (QED) is 0.0765. The minimum absolute atomic E-state index is 0.161. The fourth-order valence-electron chi connectivity index (χ4n) is 9.11. The molecule has 0 amide bonds. The number of hydrogen-bond donors (Lipinski definition) is 6. The van der Waals surface area contributed by atoms with E-state index < -0.39 is 23.9 Å². The standard InChI is InChI=1S/C60H38N4O8/c65-57(66)37-9-1-33(2-10-37)41-25-42(34-3-11-38(12-4-34)58(67)68)28-45(27-41)55-51-21-17-47(61-51)31-49-19-23-53(63-49)56(54-24-20-50(64-54)32-48-18-22-52(55)62-48)46-29-43(35-5-13-39(14-6-35)59(69)70)26-44(30-46)36-7-15-40(16-8-36)60(71)72/h1-32,61,64H,(H,65,66)(H,67,68)(H,69,70)(H,71,72). The molecular formula is C60H38N4O8. The lowest BCUT2D eigenvalue weighted by atomic mass is 9.92. The largest absolute Gasteiger partial charge is 0.478 e. The van der Waals surface area contributed by atoms with E-state index in [0.29, 0.717) is 22.8 Å². The van der Waals surface area contributed by atoms with Crippen molar-refractivity contribution < 1.29 is 39.6 Å². The van der Waals surface area contributed by atoms with Gasteiger partial charge in [-0.05, 0) is 201 Å². The number of nitrogens with zero attached hydrogens (tertiary/aromatic N) is 2. The van der Waals surface area contributed by atoms with Crippen LogP contribution in [-0.2, 0) is 0 Å². The number of aromatic amines is 2. The van der Waals surface area contributed by atoms with Crippen LogP contribution in [0.25, 0.3) is 113 Å². The molecule has 11 rings (SSSR count). The number of fused-ring (bicyclic) bond motifs is 8. The van der Waals surface area contributed by atoms with Gasteiger partial charge in [-0.15, -0.1) is 0 Å². The second kappa shape index (κ2) is 18.0. The molecule has 0 atom stereocenters. The molecule has 0 radical (unpaired) electrons. The fraction of sp³-hybridized carbons (Fsp3) is 0. The van der Waals surface area contributed by atoms with Crippen molar-refractivity contribution in [2.24, 2.45) is 0 Å². The summed E-state index contributed by atoms with van der Waals surface area (Å²) < 4.78 is 0. The second-order valence-electron chi connectivity index (χ2n) is 17.3. The van der Waals surface area contributed by atoms with E-state index >= 15 is 0 Å². The predicted molar refractivity (Wildman–Crippen MR) is 279 cm³/mol. The van der Waals surface area contributed by atoms with E-state index in [2.05, 4.69) is 9.97 Å². The molecule has 6 N–H and O–H groups in total. The van der Waals surface area contributed by atoms with Gasteiger partial charge in [-0.1, -0.05) is 48.5 Å². The highest BCUT2D eigenvalue weighted by atomic mass is 16.4. The molecular weight excluding hydrogens is 905 g/mol. The number of H-pyrrole nitrogens is 2. The van der Waals surface area contributed by atoms with Crippen LogP contribution in [0.15, 0.2) is 170 Å². The Morgan fingerprint density at radius 2 is 0.583 bits per heavy atom. The summed E-state index contributed by atoms with van der Waals surface area (Å²) in [7, 11) is 0. The molecule has 3 aromatic heterocycles. The van der Waals surface area contributed by atoms with Gasteiger partial charge in [0, 0.05) is 33.2 Å². The lowest BCUT2D eigenvalue weighted by Crippen LogP contribution is -1.96. The van der Waals surface area contributed by atoms with Crippen molar-refractivity contribution in [2.45, 2.75) is 0 Å². The van der Waals surface area contributed by atoms with Gasteiger partial charge in [0.1, 0.15) is 0 Å². The van der Waals surface area contributed by atoms with Gasteiger partial charge in [0.25, 0.3) is 0 Å². The Kier molecular flexibility index (Phi) is 11.1. The molecule has 2 aliphatic rings. The summed E-state index contributed by atoms with van der Waals surface area (Å²) in [4.78, 5) is 64.7. The molecule has 2 aliphatic heterocycles. The van der Waals surface area contributed by atoms with Gasteiger partial charge in [-0.25, -0.2) is 29.1 Å². The summed E-state index contributed by atoms with van der Waals surface area (Å²) in [5.41, 5.74) is 16.0. The van der Waals surface area contributed by atoms with Gasteiger partial charge in [-0.2, -0.15) is 0 Å². The summed E-state index contributed by atoms with van der Waals surface area (Å²) >= 11 is 0. The molecule has 0 saturated carbocycles. The SMILES string of the molecule is O=C(O)c1ccc(-c2cc(-c3ccc(C(=O)O)cc3)cc(-c3c4nc(cc5ccc([nH]5)c(-c5cc(-c6ccc(C(=O)O)cc6)cc(-c6ccc(C(=O)O)cc6)c5)c5nc(cc6ccc3[nH]6)C=C5)C=C4)c2)cc1. The molecule has 346 valence electrons. The van der Waals surface area contributed by atoms with Crippen molar-refractivity contribution in [3.05, 3.63) is 215 Å². The first-order chi connectivity index (χ1) is 34.9. The van der Waals surface area contributed by atoms with Crippen molar-refractivity contribution in [1.82, 2.24) is 19.9 Å². The summed E-state index contributed by atoms with van der Waals surface area (Å²) in [6.07, 6.45) is 7.81. The van der Waals surface area contributed by atoms with E-state index in [1.807, 2.05) is 97.1 Å². The Morgan fingerprint density at radius 1 is 0.306 bits per heavy atom. The third-order valence-electron chi connectivity index (χ3n) is 12.7. The predicted octanol–water partition coefficient (Wildman–Crippen LogP) is 13.5. The molecule has 0 saturated heterocycles. The Bertz CT molecular complexity index is 3550. The number of carboxylic acid groups (broad SMARTS) is 4. The first-order valence-corrected chi connectivity index (χ1v) is 22.7. The highest BCUT2D eigenvalue weighted by Gasteiger charge is 2.18. The lowest BCUT2D eigenvalue weighted by molar-refractivity contribution is 0.0686. The highest BCUT2D eigenvalue weighted by Crippen LogP contribution is 2.39. The van der Waals surface area contributed by atoms with Crippen LogP contribution < -0.4 is 0 Å². The number of nitrogens with one attached hydrogen (secondary N) is 2. The van der Waals surface area contributed by atoms with Gasteiger partial charge in [-0.3, -0.25) is 0 Å². The minimum Gasteiger partial charge on any atom is -0.478 e. The Hall–Kier alpha value is -10.2. The summed E-state index contributed by atoms with van der Waals surface area (Å²) in [5, 5.41) is 38.6. The van der Waals surface area contributed by atoms with Crippen LogP contribution in [0.4, 0.5) is 0 Å². The molecule has 72 heavy (non-hydrogen) atoms. The number of carboxylic acids is 4. The van der Waals surface area contributed by atoms with Crippen molar-refractivity contribution in [3.63, 3.8) is 0 Å². The second-order valence-corrected chi connectivity index (χ2v) is 17.3. The monoisotopic (exact) mass is 942 g/mol. The Labute approximate surface area is 409 Å². The maximum absolute atomic E-state index is 11.8. The molecule has 0 spiro atoms. The van der Waals surface area contributed by atoms with Crippen LogP contribution in [0.2, 0.25) is 0 Å². The third kappa shape index (κ3) is 8.74. The van der Waals surface area contributed by atoms with E-state index in [0.717, 1.165) is 88.8 Å². The molecule has 5 heterocycles. The van der Waals surface area contributed by atoms with Crippen molar-refractivity contribution in [1.29, 1.82) is 0 Å². The maximum atomic E-state index is 11.8. The highest BCUT2D eigenvalue weighted by molar-refractivity contribution is 5.98. The van der Waals surface area contributed by atoms with Crippen molar-refractivity contribution in [3.8, 4) is 66.8 Å². The minimum atomic E-state index is -1.03. The van der Waals surface area contributed by atoms with E-state index in [9.17, 15) is 39.6 Å². The zero-order chi connectivity index (χ0) is 49.6. The zero-order valence-corrected chi connectivity index (χ0v) is 37.8. The number of rotatable bonds is 10. The molecule has 12 heteroatoms. The lowest BCUT2D eigenvalue weighted by Gasteiger charge is -2.13. The topological polar surface area (TPSA) is 207 Å². The number of carbonyl (C=O) groups is 4. The first-order valence-electron chi connectivity index (χ1n) is 22.7. The smallest absolute Gasteiger partial charge is 0.335 e. The van der Waals surface area contributed by atoms with Gasteiger partial charge in [0.05, 0.1) is 45.0 Å². The van der Waals surface area contributed by atoms with Gasteiger partial charge >= 0.3 is 23.9 Å². The fourth-order valence-corrected chi connectivity index (χ4v) is 9.11. The normalized spacial score (nSPS) is 11.7. The number of aromatic nitrogens is 4. The van der Waals surface area contributed by atoms with Gasteiger partial charge in [0.2, 0.25) is 0 Å².